The van der Waals surface area contributed by atoms with Crippen molar-refractivity contribution in [3.8, 4) is 11.6 Å². The van der Waals surface area contributed by atoms with Crippen LogP contribution in [0.5, 0.6) is 5.88 Å². The Labute approximate surface area is 283 Å². The Morgan fingerprint density at radius 2 is 1.73 bits per heavy atom. The summed E-state index contributed by atoms with van der Waals surface area (Å²) < 4.78 is 12.8. The Balaban J connectivity index is 1.08. The predicted octanol–water partition coefficient (Wildman–Crippen LogP) is 4.31. The van der Waals surface area contributed by atoms with Crippen molar-refractivity contribution in [2.24, 2.45) is 4.99 Å². The lowest BCUT2D eigenvalue weighted by Gasteiger charge is -2.36. The summed E-state index contributed by atoms with van der Waals surface area (Å²) in [6.45, 7) is 11.0. The minimum Gasteiger partial charge on any atom is -0.479 e. The van der Waals surface area contributed by atoms with Gasteiger partial charge < -0.3 is 29.5 Å². The van der Waals surface area contributed by atoms with Crippen molar-refractivity contribution in [1.82, 2.24) is 29.4 Å². The Hall–Kier alpha value is -5.79. The van der Waals surface area contributed by atoms with Crippen LogP contribution in [0.2, 0.25) is 0 Å². The number of amides is 1. The van der Waals surface area contributed by atoms with Crippen LogP contribution in [0.15, 0.2) is 64.8 Å². The van der Waals surface area contributed by atoms with Gasteiger partial charge in [-0.3, -0.25) is 19.3 Å². The standard InChI is InChI=1S/C35H38N10O4/c1-22-32(46)44(14-12-36-22)25-8-6-23(7-9-25)26-20-24-21-38-33(41-29(24)45-15-13-37-30(26)45)39-27-10-11-28(40-31(27)48-5)42-16-18-43(19-17-42)34(47)49-35(2,3)4/h6-12,14,20-21H,13,15-19H2,1-5H3,(H,38,39,41). The molecule has 0 bridgehead atoms. The third kappa shape index (κ3) is 6.41. The lowest BCUT2D eigenvalue weighted by atomic mass is 9.98. The summed E-state index contributed by atoms with van der Waals surface area (Å²) >= 11 is 0. The molecule has 49 heavy (non-hydrogen) atoms. The SMILES string of the molecule is COc1nc(N2CCN(C(=O)OC(C)(C)C)CC2)ccc1Nc1ncc2c(n1)N1CCN=C1C(c1ccc(-n3ccnc(C)c3=O)cc1)=C2. The molecule has 0 spiro atoms. The highest BCUT2D eigenvalue weighted by Crippen LogP contribution is 2.36. The molecule has 0 atom stereocenters. The maximum Gasteiger partial charge on any atom is 0.410 e. The molecular weight excluding hydrogens is 624 g/mol. The molecule has 1 aromatic carbocycles. The van der Waals surface area contributed by atoms with Crippen LogP contribution in [-0.4, -0.2) is 93.3 Å². The molecule has 14 nitrogen and oxygen atoms in total. The van der Waals surface area contributed by atoms with Crippen LogP contribution in [0.25, 0.3) is 17.3 Å². The average Bonchev–Trinajstić information content (AvgIpc) is 3.60. The number of nitrogens with one attached hydrogen (secondary N) is 1. The zero-order valence-corrected chi connectivity index (χ0v) is 28.2. The second kappa shape index (κ2) is 12.7. The number of benzene rings is 1. The fourth-order valence-corrected chi connectivity index (χ4v) is 6.01. The van der Waals surface area contributed by atoms with Gasteiger partial charge in [-0.25, -0.2) is 9.78 Å². The highest BCUT2D eigenvalue weighted by atomic mass is 16.6. The van der Waals surface area contributed by atoms with E-state index in [2.05, 4.69) is 31.2 Å². The summed E-state index contributed by atoms with van der Waals surface area (Å²) in [5, 5.41) is 3.28. The highest BCUT2D eigenvalue weighted by Gasteiger charge is 2.31. The quantitative estimate of drug-likeness (QED) is 0.316. The lowest BCUT2D eigenvalue weighted by molar-refractivity contribution is 0.0240. The first-order chi connectivity index (χ1) is 23.6. The first-order valence-electron chi connectivity index (χ1n) is 16.2. The number of ether oxygens (including phenoxy) is 2. The van der Waals surface area contributed by atoms with Crippen molar-refractivity contribution >= 4 is 46.8 Å². The van der Waals surface area contributed by atoms with Gasteiger partial charge in [0.1, 0.15) is 34.5 Å². The molecule has 0 unspecified atom stereocenters. The molecule has 0 radical (unpaired) electrons. The molecule has 252 valence electrons. The van der Waals surface area contributed by atoms with E-state index >= 15 is 0 Å². The molecule has 3 aromatic heterocycles. The molecule has 14 heteroatoms. The van der Waals surface area contributed by atoms with E-state index in [1.165, 1.54) is 0 Å². The van der Waals surface area contributed by atoms with Gasteiger partial charge in [-0.1, -0.05) is 12.1 Å². The van der Waals surface area contributed by atoms with Gasteiger partial charge in [-0.2, -0.15) is 9.97 Å². The molecule has 4 aromatic rings. The number of anilines is 4. The Morgan fingerprint density at radius 3 is 2.47 bits per heavy atom. The van der Waals surface area contributed by atoms with E-state index in [0.29, 0.717) is 62.5 Å². The van der Waals surface area contributed by atoms with E-state index in [-0.39, 0.29) is 11.7 Å². The summed E-state index contributed by atoms with van der Waals surface area (Å²) in [4.78, 5) is 54.2. The molecule has 1 fully saturated rings. The van der Waals surface area contributed by atoms with Crippen LogP contribution in [0.4, 0.5) is 28.1 Å². The molecule has 3 aliphatic rings. The van der Waals surface area contributed by atoms with Gasteiger partial charge in [-0.15, -0.1) is 0 Å². The van der Waals surface area contributed by atoms with E-state index in [0.717, 1.165) is 39.9 Å². The Bertz CT molecular complexity index is 2030. The molecule has 7 rings (SSSR count). The number of aryl methyl sites for hydroxylation is 1. The molecule has 3 aliphatic heterocycles. The number of piperazine rings is 1. The van der Waals surface area contributed by atoms with Crippen LogP contribution in [-0.2, 0) is 4.74 Å². The van der Waals surface area contributed by atoms with Gasteiger partial charge in [0.15, 0.2) is 0 Å². The lowest BCUT2D eigenvalue weighted by Crippen LogP contribution is -2.50. The van der Waals surface area contributed by atoms with Crippen LogP contribution in [0, 0.1) is 6.92 Å². The molecule has 0 saturated carbocycles. The molecule has 1 N–H and O–H groups in total. The Kier molecular flexibility index (Phi) is 8.22. The van der Waals surface area contributed by atoms with Crippen molar-refractivity contribution in [3.05, 3.63) is 82.2 Å². The molecule has 1 saturated heterocycles. The van der Waals surface area contributed by atoms with E-state index in [4.69, 9.17) is 24.4 Å². The van der Waals surface area contributed by atoms with Crippen LogP contribution < -0.4 is 25.4 Å². The van der Waals surface area contributed by atoms with Crippen molar-refractivity contribution in [1.29, 1.82) is 0 Å². The number of fused-ring (bicyclic) bond motifs is 3. The van der Waals surface area contributed by atoms with Gasteiger partial charge >= 0.3 is 6.09 Å². The number of aliphatic imine (C=N–C) groups is 1. The summed E-state index contributed by atoms with van der Waals surface area (Å²) in [6, 6.07) is 11.7. The summed E-state index contributed by atoms with van der Waals surface area (Å²) in [5.74, 6) is 3.18. The smallest absolute Gasteiger partial charge is 0.410 e. The van der Waals surface area contributed by atoms with Crippen molar-refractivity contribution in [2.75, 3.05) is 61.5 Å². The number of hydrogen-bond donors (Lipinski definition) is 1. The minimum absolute atomic E-state index is 0.145. The van der Waals surface area contributed by atoms with Gasteiger partial charge in [-0.05, 0) is 63.6 Å². The molecule has 1 amide bonds. The minimum atomic E-state index is -0.532. The third-order valence-corrected chi connectivity index (χ3v) is 8.44. The number of hydrogen-bond acceptors (Lipinski definition) is 12. The summed E-state index contributed by atoms with van der Waals surface area (Å²) in [5.41, 5.74) is 3.97. The number of carbonyl (C=O) groups excluding carboxylic acids is 1. The fraction of sp³-hybridized carbons (Fsp3) is 0.343. The molecule has 6 heterocycles. The van der Waals surface area contributed by atoms with Crippen LogP contribution >= 0.6 is 0 Å². The zero-order chi connectivity index (χ0) is 34.3. The first kappa shape index (κ1) is 31.8. The van der Waals surface area contributed by atoms with E-state index in [9.17, 15) is 9.59 Å². The second-order valence-corrected chi connectivity index (χ2v) is 12.9. The van der Waals surface area contributed by atoms with Gasteiger partial charge in [0.2, 0.25) is 11.8 Å². The van der Waals surface area contributed by atoms with Crippen molar-refractivity contribution in [2.45, 2.75) is 33.3 Å². The van der Waals surface area contributed by atoms with Crippen LogP contribution in [0.1, 0.15) is 37.6 Å². The Morgan fingerprint density at radius 1 is 0.959 bits per heavy atom. The number of amidine groups is 1. The fourth-order valence-electron chi connectivity index (χ4n) is 6.01. The normalized spacial score (nSPS) is 15.7. The van der Waals surface area contributed by atoms with E-state index in [1.54, 1.807) is 42.1 Å². The largest absolute Gasteiger partial charge is 0.479 e. The molecule has 0 aliphatic carbocycles. The maximum absolute atomic E-state index is 12.6. The zero-order valence-electron chi connectivity index (χ0n) is 28.2. The topological polar surface area (TPSA) is 143 Å². The molecular formula is C35H38N10O4. The van der Waals surface area contributed by atoms with E-state index in [1.807, 2.05) is 57.2 Å². The summed E-state index contributed by atoms with van der Waals surface area (Å²) in [6.07, 6.45) is 6.85. The third-order valence-electron chi connectivity index (χ3n) is 8.44. The maximum atomic E-state index is 12.6. The van der Waals surface area contributed by atoms with Crippen molar-refractivity contribution < 1.29 is 14.3 Å². The van der Waals surface area contributed by atoms with Gasteiger partial charge in [0.05, 0.1) is 13.7 Å². The number of methoxy groups -OCH3 is 1. The number of carbonyl (C=O) groups is 1. The van der Waals surface area contributed by atoms with Crippen molar-refractivity contribution in [3.63, 3.8) is 0 Å². The van der Waals surface area contributed by atoms with Crippen LogP contribution in [0.3, 0.4) is 0 Å². The average molecular weight is 663 g/mol. The number of aromatic nitrogens is 5. The highest BCUT2D eigenvalue weighted by molar-refractivity contribution is 6.35. The first-order valence-corrected chi connectivity index (χ1v) is 16.2. The van der Waals surface area contributed by atoms with Gasteiger partial charge in [0.25, 0.3) is 5.56 Å². The monoisotopic (exact) mass is 662 g/mol. The number of nitrogens with zero attached hydrogens (tertiary/aromatic N) is 9. The van der Waals surface area contributed by atoms with Gasteiger partial charge in [0, 0.05) is 68.1 Å². The second-order valence-electron chi connectivity index (χ2n) is 12.9. The van der Waals surface area contributed by atoms with E-state index < -0.39 is 5.60 Å². The predicted molar refractivity (Wildman–Crippen MR) is 188 cm³/mol. The summed E-state index contributed by atoms with van der Waals surface area (Å²) in [7, 11) is 1.58. The number of pyridine rings is 1. The number of rotatable bonds is 6.